The summed E-state index contributed by atoms with van der Waals surface area (Å²) in [6.45, 7) is 7.29. The molecule has 0 saturated carbocycles. The molecule has 8 nitrogen and oxygen atoms in total. The number of carbonyl (C=O) groups excluding carboxylic acids is 2. The second-order valence-corrected chi connectivity index (χ2v) is 9.35. The lowest BCUT2D eigenvalue weighted by atomic mass is 10.0. The van der Waals surface area contributed by atoms with Gasteiger partial charge in [-0.25, -0.2) is 4.79 Å². The lowest BCUT2D eigenvalue weighted by molar-refractivity contribution is 0.0187. The van der Waals surface area contributed by atoms with Gasteiger partial charge in [0.15, 0.2) is 0 Å². The van der Waals surface area contributed by atoms with Crippen molar-refractivity contribution >= 4 is 12.0 Å². The second-order valence-electron chi connectivity index (χ2n) is 9.35. The summed E-state index contributed by atoms with van der Waals surface area (Å²) in [7, 11) is 0. The van der Waals surface area contributed by atoms with Gasteiger partial charge in [-0.3, -0.25) is 9.89 Å². The van der Waals surface area contributed by atoms with Crippen LogP contribution >= 0.6 is 0 Å². The van der Waals surface area contributed by atoms with Gasteiger partial charge in [-0.1, -0.05) is 24.3 Å². The molecule has 3 heterocycles. The number of aromatic amines is 1. The molecule has 1 aliphatic rings. The Hall–Kier alpha value is -3.55. The molecule has 3 aromatic rings. The Bertz CT molecular complexity index is 1070. The molecule has 2 amide bonds. The summed E-state index contributed by atoms with van der Waals surface area (Å²) in [4.78, 5) is 27.0. The maximum Gasteiger partial charge on any atom is 0.410 e. The van der Waals surface area contributed by atoms with E-state index in [2.05, 4.69) is 15.5 Å². The van der Waals surface area contributed by atoms with Crippen molar-refractivity contribution in [3.8, 4) is 11.3 Å². The van der Waals surface area contributed by atoms with E-state index in [1.165, 1.54) is 0 Å². The molecule has 1 fully saturated rings. The molecule has 4 rings (SSSR count). The van der Waals surface area contributed by atoms with Gasteiger partial charge in [-0.05, 0) is 62.9 Å². The number of piperidine rings is 1. The fourth-order valence-corrected chi connectivity index (χ4v) is 4.05. The molecule has 0 aliphatic carbocycles. The molecule has 33 heavy (non-hydrogen) atoms. The van der Waals surface area contributed by atoms with Crippen LogP contribution < -0.4 is 5.32 Å². The molecular weight excluding hydrogens is 418 g/mol. The van der Waals surface area contributed by atoms with Crippen LogP contribution in [-0.2, 0) is 11.3 Å². The molecule has 0 unspecified atom stereocenters. The van der Waals surface area contributed by atoms with Gasteiger partial charge in [0.2, 0.25) is 0 Å². The first-order valence-electron chi connectivity index (χ1n) is 11.3. The van der Waals surface area contributed by atoms with Crippen molar-refractivity contribution in [2.45, 2.75) is 51.8 Å². The first-order chi connectivity index (χ1) is 15.8. The Morgan fingerprint density at radius 3 is 2.48 bits per heavy atom. The smallest absolute Gasteiger partial charge is 0.410 e. The summed E-state index contributed by atoms with van der Waals surface area (Å²) in [5.41, 5.74) is 3.17. The number of carbonyl (C=O) groups is 2. The average Bonchev–Trinajstić information content (AvgIpc) is 3.49. The van der Waals surface area contributed by atoms with Crippen molar-refractivity contribution in [2.24, 2.45) is 0 Å². The molecule has 0 atom stereocenters. The number of aromatic nitrogens is 3. The van der Waals surface area contributed by atoms with E-state index in [0.29, 0.717) is 25.3 Å². The largest absolute Gasteiger partial charge is 0.444 e. The number of amides is 2. The predicted octanol–water partition coefficient (Wildman–Crippen LogP) is 4.38. The molecule has 0 radical (unpaired) electrons. The third kappa shape index (κ3) is 5.63. The average molecular weight is 450 g/mol. The van der Waals surface area contributed by atoms with Gasteiger partial charge in [0, 0.05) is 38.1 Å². The van der Waals surface area contributed by atoms with Crippen molar-refractivity contribution in [3.05, 3.63) is 66.1 Å². The number of benzene rings is 1. The molecule has 2 aromatic heterocycles. The number of ether oxygens (including phenoxy) is 1. The Morgan fingerprint density at radius 1 is 1.12 bits per heavy atom. The van der Waals surface area contributed by atoms with Crippen molar-refractivity contribution < 1.29 is 14.3 Å². The van der Waals surface area contributed by atoms with E-state index in [0.717, 1.165) is 29.7 Å². The van der Waals surface area contributed by atoms with Crippen LogP contribution in [0.2, 0.25) is 0 Å². The van der Waals surface area contributed by atoms with Gasteiger partial charge >= 0.3 is 6.09 Å². The number of hydrogen-bond acceptors (Lipinski definition) is 4. The summed E-state index contributed by atoms with van der Waals surface area (Å²) in [6, 6.07) is 13.9. The van der Waals surface area contributed by atoms with E-state index in [1.54, 1.807) is 11.1 Å². The zero-order chi connectivity index (χ0) is 23.4. The number of rotatable bonds is 5. The lowest BCUT2D eigenvalue weighted by Crippen LogP contribution is -2.42. The molecule has 1 saturated heterocycles. The predicted molar refractivity (Wildman–Crippen MR) is 126 cm³/mol. The highest BCUT2D eigenvalue weighted by atomic mass is 16.6. The van der Waals surface area contributed by atoms with Gasteiger partial charge < -0.3 is 19.5 Å². The van der Waals surface area contributed by atoms with Gasteiger partial charge in [0.05, 0.1) is 5.69 Å². The third-order valence-electron chi connectivity index (χ3n) is 5.74. The van der Waals surface area contributed by atoms with Crippen LogP contribution in [0, 0.1) is 0 Å². The topological polar surface area (TPSA) is 92.2 Å². The normalized spacial score (nSPS) is 14.8. The molecular formula is C25H31N5O3. The van der Waals surface area contributed by atoms with Crippen molar-refractivity contribution in [3.63, 3.8) is 0 Å². The number of hydrogen-bond donors (Lipinski definition) is 2. The third-order valence-corrected chi connectivity index (χ3v) is 5.74. The molecule has 2 N–H and O–H groups in total. The number of nitrogens with zero attached hydrogens (tertiary/aromatic N) is 3. The summed E-state index contributed by atoms with van der Waals surface area (Å²) in [5, 5.41) is 9.94. The fraction of sp³-hybridized carbons (Fsp3) is 0.400. The van der Waals surface area contributed by atoms with Gasteiger partial charge in [-0.15, -0.1) is 0 Å². The molecule has 174 valence electrons. The van der Waals surface area contributed by atoms with Crippen LogP contribution in [0.25, 0.3) is 11.3 Å². The highest BCUT2D eigenvalue weighted by Crippen LogP contribution is 2.26. The molecule has 0 spiro atoms. The number of nitrogens with one attached hydrogen (secondary N) is 2. The van der Waals surface area contributed by atoms with Gasteiger partial charge in [-0.2, -0.15) is 5.10 Å². The maximum atomic E-state index is 12.9. The standard InChI is InChI=1S/C25H31N5O3/c1-25(2,3)33-24(32)29-15-11-20(12-16-29)30-14-4-5-22(30)23(31)26-17-18-6-8-19(9-7-18)21-10-13-27-28-21/h4-10,13-14,20H,11-12,15-17H2,1-3H3,(H,26,31)(H,27,28). The second kappa shape index (κ2) is 9.52. The molecule has 1 aliphatic heterocycles. The van der Waals surface area contributed by atoms with Crippen molar-refractivity contribution in [1.29, 1.82) is 0 Å². The van der Waals surface area contributed by atoms with E-state index in [9.17, 15) is 9.59 Å². The minimum Gasteiger partial charge on any atom is -0.444 e. The van der Waals surface area contributed by atoms with Crippen LogP contribution in [0.1, 0.15) is 55.7 Å². The van der Waals surface area contributed by atoms with Gasteiger partial charge in [0.1, 0.15) is 11.3 Å². The Balaban J connectivity index is 1.32. The summed E-state index contributed by atoms with van der Waals surface area (Å²) < 4.78 is 7.51. The van der Waals surface area contributed by atoms with Crippen LogP contribution in [0.3, 0.4) is 0 Å². The van der Waals surface area contributed by atoms with E-state index in [-0.39, 0.29) is 18.0 Å². The fourth-order valence-electron chi connectivity index (χ4n) is 4.05. The first kappa shape index (κ1) is 22.6. The maximum absolute atomic E-state index is 12.9. The van der Waals surface area contributed by atoms with Crippen molar-refractivity contribution in [1.82, 2.24) is 25.0 Å². The molecule has 0 bridgehead atoms. The highest BCUT2D eigenvalue weighted by Gasteiger charge is 2.28. The van der Waals surface area contributed by atoms with E-state index in [1.807, 2.05) is 74.0 Å². The minimum absolute atomic E-state index is 0.104. The molecule has 1 aromatic carbocycles. The molecule has 8 heteroatoms. The summed E-state index contributed by atoms with van der Waals surface area (Å²) >= 11 is 0. The number of H-pyrrole nitrogens is 1. The quantitative estimate of drug-likeness (QED) is 0.605. The first-order valence-corrected chi connectivity index (χ1v) is 11.3. The summed E-state index contributed by atoms with van der Waals surface area (Å²) in [5.74, 6) is -0.104. The van der Waals surface area contributed by atoms with E-state index >= 15 is 0 Å². The van der Waals surface area contributed by atoms with E-state index in [4.69, 9.17) is 4.74 Å². The monoisotopic (exact) mass is 449 g/mol. The minimum atomic E-state index is -0.501. The van der Waals surface area contributed by atoms with E-state index < -0.39 is 5.60 Å². The van der Waals surface area contributed by atoms with Gasteiger partial charge in [0.25, 0.3) is 5.91 Å². The summed E-state index contributed by atoms with van der Waals surface area (Å²) in [6.07, 6.45) is 4.96. The van der Waals surface area contributed by atoms with Crippen LogP contribution in [0.15, 0.2) is 54.9 Å². The highest BCUT2D eigenvalue weighted by molar-refractivity contribution is 5.92. The van der Waals surface area contributed by atoms with Crippen LogP contribution in [0.5, 0.6) is 0 Å². The van der Waals surface area contributed by atoms with Crippen LogP contribution in [0.4, 0.5) is 4.79 Å². The number of likely N-dealkylation sites (tertiary alicyclic amines) is 1. The Labute approximate surface area is 193 Å². The van der Waals surface area contributed by atoms with Crippen molar-refractivity contribution in [2.75, 3.05) is 13.1 Å². The zero-order valence-electron chi connectivity index (χ0n) is 19.4. The Morgan fingerprint density at radius 2 is 1.85 bits per heavy atom. The Kier molecular flexibility index (Phi) is 6.53. The lowest BCUT2D eigenvalue weighted by Gasteiger charge is -2.34. The van der Waals surface area contributed by atoms with Crippen LogP contribution in [-0.4, -0.2) is 50.4 Å². The SMILES string of the molecule is CC(C)(C)OC(=O)N1CCC(n2cccc2C(=O)NCc2ccc(-c3ccn[nH]3)cc2)CC1. The zero-order valence-corrected chi connectivity index (χ0v) is 19.4.